The van der Waals surface area contributed by atoms with Crippen LogP contribution in [-0.4, -0.2) is 66.4 Å². The lowest BCUT2D eigenvalue weighted by atomic mass is 10.1. The number of aliphatic imine (C=N–C) groups is 1. The van der Waals surface area contributed by atoms with Crippen molar-refractivity contribution in [1.29, 1.82) is 0 Å². The highest BCUT2D eigenvalue weighted by Gasteiger charge is 2.24. The van der Waals surface area contributed by atoms with Crippen molar-refractivity contribution in [1.82, 2.24) is 25.3 Å². The molecule has 142 valence electrons. The van der Waals surface area contributed by atoms with Crippen LogP contribution in [0.4, 0.5) is 0 Å². The zero-order chi connectivity index (χ0) is 17.5. The zero-order valence-electron chi connectivity index (χ0n) is 15.1. The van der Waals surface area contributed by atoms with Crippen LogP contribution < -0.4 is 5.32 Å². The summed E-state index contributed by atoms with van der Waals surface area (Å²) in [6.45, 7) is 3.46. The number of hydrogen-bond acceptors (Lipinski definition) is 6. The van der Waals surface area contributed by atoms with E-state index in [0.717, 1.165) is 32.1 Å². The van der Waals surface area contributed by atoms with Crippen molar-refractivity contribution in [2.45, 2.75) is 12.8 Å². The summed E-state index contributed by atoms with van der Waals surface area (Å²) in [5.74, 6) is 2.58. The van der Waals surface area contributed by atoms with Crippen LogP contribution in [0.15, 0.2) is 33.9 Å². The number of nitrogens with one attached hydrogen (secondary N) is 1. The van der Waals surface area contributed by atoms with Gasteiger partial charge in [-0.15, -0.1) is 24.0 Å². The van der Waals surface area contributed by atoms with Crippen molar-refractivity contribution < 1.29 is 9.26 Å². The normalized spacial score (nSPS) is 17.2. The number of ether oxygens (including phenoxy) is 1. The van der Waals surface area contributed by atoms with E-state index in [1.54, 1.807) is 20.4 Å². The standard InChI is InChI=1S/C17H24N6O2.HI/c1-18-17(23-10-7-13(11-23)12-24-2)20-9-6-15-21-16(25-22-15)14-5-3-4-8-19-14;/h3-5,8,13H,6-7,9-12H2,1-2H3,(H,18,20);1H. The van der Waals surface area contributed by atoms with Gasteiger partial charge in [0, 0.05) is 52.3 Å². The van der Waals surface area contributed by atoms with Gasteiger partial charge in [0.1, 0.15) is 5.69 Å². The van der Waals surface area contributed by atoms with Gasteiger partial charge >= 0.3 is 0 Å². The second-order valence-electron chi connectivity index (χ2n) is 6.01. The summed E-state index contributed by atoms with van der Waals surface area (Å²) in [6.07, 6.45) is 3.50. The molecule has 1 saturated heterocycles. The topological polar surface area (TPSA) is 88.7 Å². The van der Waals surface area contributed by atoms with Crippen molar-refractivity contribution in [3.8, 4) is 11.6 Å². The van der Waals surface area contributed by atoms with Gasteiger partial charge in [-0.2, -0.15) is 4.98 Å². The molecule has 0 amide bonds. The number of halogens is 1. The summed E-state index contributed by atoms with van der Waals surface area (Å²) < 4.78 is 10.5. The predicted molar refractivity (Wildman–Crippen MR) is 110 cm³/mol. The van der Waals surface area contributed by atoms with Gasteiger partial charge < -0.3 is 19.5 Å². The highest BCUT2D eigenvalue weighted by molar-refractivity contribution is 14.0. The fourth-order valence-corrected chi connectivity index (χ4v) is 2.96. The third-order valence-electron chi connectivity index (χ3n) is 4.18. The molecule has 3 rings (SSSR count). The maximum atomic E-state index is 5.27. The molecule has 1 aliphatic heterocycles. The number of hydrogen-bond donors (Lipinski definition) is 1. The average molecular weight is 472 g/mol. The predicted octanol–water partition coefficient (Wildman–Crippen LogP) is 1.84. The smallest absolute Gasteiger partial charge is 0.276 e. The zero-order valence-corrected chi connectivity index (χ0v) is 17.4. The highest BCUT2D eigenvalue weighted by Crippen LogP contribution is 2.16. The van der Waals surface area contributed by atoms with E-state index in [1.165, 1.54) is 0 Å². The molecule has 0 aromatic carbocycles. The van der Waals surface area contributed by atoms with Crippen molar-refractivity contribution in [2.75, 3.05) is 40.4 Å². The summed E-state index contributed by atoms with van der Waals surface area (Å²) in [5.41, 5.74) is 0.686. The third kappa shape index (κ3) is 5.37. The van der Waals surface area contributed by atoms with E-state index < -0.39 is 0 Å². The number of nitrogens with zero attached hydrogens (tertiary/aromatic N) is 5. The maximum Gasteiger partial charge on any atom is 0.276 e. The lowest BCUT2D eigenvalue weighted by molar-refractivity contribution is 0.157. The Labute approximate surface area is 170 Å². The highest BCUT2D eigenvalue weighted by atomic mass is 127. The van der Waals surface area contributed by atoms with Gasteiger partial charge in [-0.05, 0) is 18.6 Å². The number of aromatic nitrogens is 3. The number of rotatable bonds is 6. The molecule has 0 saturated carbocycles. The first-order valence-corrected chi connectivity index (χ1v) is 8.48. The van der Waals surface area contributed by atoms with Crippen LogP contribution in [0.1, 0.15) is 12.2 Å². The van der Waals surface area contributed by atoms with Crippen LogP contribution in [0, 0.1) is 5.92 Å². The van der Waals surface area contributed by atoms with Crippen molar-refractivity contribution in [3.05, 3.63) is 30.2 Å². The first-order chi connectivity index (χ1) is 12.3. The summed E-state index contributed by atoms with van der Waals surface area (Å²) in [4.78, 5) is 15.2. The van der Waals surface area contributed by atoms with E-state index in [2.05, 4.69) is 30.3 Å². The fourth-order valence-electron chi connectivity index (χ4n) is 2.96. The Morgan fingerprint density at radius 2 is 2.35 bits per heavy atom. The Hall–Kier alpha value is -1.75. The monoisotopic (exact) mass is 472 g/mol. The fraction of sp³-hybridized carbons (Fsp3) is 0.529. The van der Waals surface area contributed by atoms with E-state index in [4.69, 9.17) is 9.26 Å². The quantitative estimate of drug-likeness (QED) is 0.390. The van der Waals surface area contributed by atoms with Gasteiger partial charge in [0.25, 0.3) is 5.89 Å². The molecule has 3 heterocycles. The van der Waals surface area contributed by atoms with E-state index in [-0.39, 0.29) is 24.0 Å². The molecule has 8 nitrogen and oxygen atoms in total. The Kier molecular flexibility index (Phi) is 8.23. The summed E-state index contributed by atoms with van der Waals surface area (Å²) in [7, 11) is 3.55. The molecule has 1 N–H and O–H groups in total. The summed E-state index contributed by atoms with van der Waals surface area (Å²) in [6, 6.07) is 5.59. The lowest BCUT2D eigenvalue weighted by Gasteiger charge is -2.21. The number of pyridine rings is 1. The van der Waals surface area contributed by atoms with E-state index in [9.17, 15) is 0 Å². The van der Waals surface area contributed by atoms with Crippen LogP contribution in [-0.2, 0) is 11.2 Å². The molecule has 0 aliphatic carbocycles. The molecule has 0 bridgehead atoms. The van der Waals surface area contributed by atoms with Crippen LogP contribution in [0.3, 0.4) is 0 Å². The Bertz CT molecular complexity index is 694. The van der Waals surface area contributed by atoms with E-state index >= 15 is 0 Å². The van der Waals surface area contributed by atoms with Crippen LogP contribution >= 0.6 is 24.0 Å². The molecule has 9 heteroatoms. The second-order valence-corrected chi connectivity index (χ2v) is 6.01. The number of guanidine groups is 1. The van der Waals surface area contributed by atoms with Crippen molar-refractivity contribution in [2.24, 2.45) is 10.9 Å². The molecule has 0 radical (unpaired) electrons. The van der Waals surface area contributed by atoms with Gasteiger partial charge in [0.05, 0.1) is 6.61 Å². The number of likely N-dealkylation sites (tertiary alicyclic amines) is 1. The minimum absolute atomic E-state index is 0. The minimum Gasteiger partial charge on any atom is -0.384 e. The lowest BCUT2D eigenvalue weighted by Crippen LogP contribution is -2.41. The molecule has 1 fully saturated rings. The van der Waals surface area contributed by atoms with Gasteiger partial charge in [0.15, 0.2) is 11.8 Å². The minimum atomic E-state index is 0. The maximum absolute atomic E-state index is 5.27. The molecule has 26 heavy (non-hydrogen) atoms. The first-order valence-electron chi connectivity index (χ1n) is 8.48. The first kappa shape index (κ1) is 20.6. The molecule has 1 aliphatic rings. The van der Waals surface area contributed by atoms with E-state index in [1.807, 2.05) is 18.2 Å². The van der Waals surface area contributed by atoms with Crippen LogP contribution in [0.5, 0.6) is 0 Å². The molecule has 2 aromatic heterocycles. The Morgan fingerprint density at radius 3 is 3.08 bits per heavy atom. The van der Waals surface area contributed by atoms with Gasteiger partial charge in [-0.1, -0.05) is 11.2 Å². The second kappa shape index (κ2) is 10.4. The molecule has 2 aromatic rings. The van der Waals surface area contributed by atoms with Crippen molar-refractivity contribution in [3.63, 3.8) is 0 Å². The van der Waals surface area contributed by atoms with E-state index in [0.29, 0.717) is 36.3 Å². The van der Waals surface area contributed by atoms with Gasteiger partial charge in [-0.3, -0.25) is 9.98 Å². The Balaban J connectivity index is 0.00000243. The van der Waals surface area contributed by atoms with Gasteiger partial charge in [0.2, 0.25) is 0 Å². The Morgan fingerprint density at radius 1 is 1.46 bits per heavy atom. The van der Waals surface area contributed by atoms with Crippen LogP contribution in [0.25, 0.3) is 11.6 Å². The molecule has 1 unspecified atom stereocenters. The van der Waals surface area contributed by atoms with Crippen molar-refractivity contribution >= 4 is 29.9 Å². The largest absolute Gasteiger partial charge is 0.384 e. The van der Waals surface area contributed by atoms with Gasteiger partial charge in [-0.25, -0.2) is 0 Å². The third-order valence-corrected chi connectivity index (χ3v) is 4.18. The average Bonchev–Trinajstić information content (AvgIpc) is 3.30. The van der Waals surface area contributed by atoms with Crippen LogP contribution in [0.2, 0.25) is 0 Å². The molecular weight excluding hydrogens is 447 g/mol. The summed E-state index contributed by atoms with van der Waals surface area (Å²) >= 11 is 0. The SMILES string of the molecule is CN=C(NCCc1noc(-c2ccccn2)n1)N1CCC(COC)C1.I. The molecule has 0 spiro atoms. The molecular formula is C17H25IN6O2. The molecule has 1 atom stereocenters. The summed E-state index contributed by atoms with van der Waals surface area (Å²) in [5, 5.41) is 7.38. The number of methoxy groups -OCH3 is 1.